The van der Waals surface area contributed by atoms with Crippen LogP contribution in [0.25, 0.3) is 0 Å². The molecule has 3 rings (SSSR count). The van der Waals surface area contributed by atoms with Gasteiger partial charge in [0.2, 0.25) is 0 Å². The number of aromatic nitrogens is 1. The smallest absolute Gasteiger partial charge is 0.253 e. The first kappa shape index (κ1) is 18.6. The highest BCUT2D eigenvalue weighted by Crippen LogP contribution is 2.18. The second-order valence-corrected chi connectivity index (χ2v) is 6.78. The molecule has 1 N–H and O–H groups in total. The van der Waals surface area contributed by atoms with Crippen LogP contribution in [0.5, 0.6) is 0 Å². The van der Waals surface area contributed by atoms with Crippen LogP contribution in [0.15, 0.2) is 79.0 Å². The largest absolute Gasteiger partial charge is 0.350 e. The number of carbonyl (C=O) groups excluding carboxylic acids is 1. The van der Waals surface area contributed by atoms with Crippen molar-refractivity contribution in [1.29, 1.82) is 0 Å². The van der Waals surface area contributed by atoms with Crippen LogP contribution in [-0.4, -0.2) is 16.9 Å². The summed E-state index contributed by atoms with van der Waals surface area (Å²) in [4.78, 5) is 19.1. The van der Waals surface area contributed by atoms with Crippen molar-refractivity contribution in [2.45, 2.75) is 33.0 Å². The average Bonchev–Trinajstić information content (AvgIpc) is 2.72. The molecule has 1 amide bonds. The lowest BCUT2D eigenvalue weighted by Gasteiger charge is -2.28. The Kier molecular flexibility index (Phi) is 6.21. The zero-order valence-corrected chi connectivity index (χ0v) is 15.8. The molecule has 4 nitrogen and oxygen atoms in total. The van der Waals surface area contributed by atoms with Crippen molar-refractivity contribution in [3.63, 3.8) is 0 Å². The summed E-state index contributed by atoms with van der Waals surface area (Å²) in [6, 6.07) is 24.3. The molecule has 0 aliphatic heterocycles. The van der Waals surface area contributed by atoms with Crippen LogP contribution in [0, 0.1) is 0 Å². The zero-order chi connectivity index (χ0) is 19.1. The molecule has 0 saturated carbocycles. The Morgan fingerprint density at radius 3 is 2.11 bits per heavy atom. The molecule has 1 heterocycles. The van der Waals surface area contributed by atoms with Crippen molar-refractivity contribution < 1.29 is 4.79 Å². The van der Waals surface area contributed by atoms with Crippen molar-refractivity contribution in [3.8, 4) is 0 Å². The third-order valence-corrected chi connectivity index (χ3v) is 4.42. The number of pyridine rings is 1. The molecule has 0 saturated heterocycles. The highest BCUT2D eigenvalue weighted by atomic mass is 16.1. The number of nitrogens with one attached hydrogen (secondary N) is 1. The van der Waals surface area contributed by atoms with Crippen molar-refractivity contribution in [2.75, 3.05) is 4.90 Å². The molecular weight excluding hydrogens is 334 g/mol. The number of hydrogen-bond acceptors (Lipinski definition) is 3. The van der Waals surface area contributed by atoms with Gasteiger partial charge in [0.25, 0.3) is 5.91 Å². The monoisotopic (exact) mass is 359 g/mol. The fourth-order valence-corrected chi connectivity index (χ4v) is 2.88. The molecule has 2 aromatic carbocycles. The Morgan fingerprint density at radius 1 is 0.926 bits per heavy atom. The van der Waals surface area contributed by atoms with E-state index in [1.54, 1.807) is 6.20 Å². The molecular formula is C23H25N3O. The zero-order valence-electron chi connectivity index (χ0n) is 15.8. The SMILES string of the molecule is CC(C)N(Cc1ccccc1)c1ccc(C(=O)NCc2ccccc2)cn1. The Bertz CT molecular complexity index is 846. The Hall–Kier alpha value is -3.14. The lowest BCUT2D eigenvalue weighted by Crippen LogP contribution is -2.31. The molecule has 0 fully saturated rings. The highest BCUT2D eigenvalue weighted by Gasteiger charge is 2.14. The molecule has 138 valence electrons. The summed E-state index contributed by atoms with van der Waals surface area (Å²) in [5, 5.41) is 2.93. The summed E-state index contributed by atoms with van der Waals surface area (Å²) < 4.78 is 0. The number of anilines is 1. The number of carbonyl (C=O) groups is 1. The second-order valence-electron chi connectivity index (χ2n) is 6.78. The molecule has 27 heavy (non-hydrogen) atoms. The predicted molar refractivity (Wildman–Crippen MR) is 110 cm³/mol. The van der Waals surface area contributed by atoms with E-state index in [0.29, 0.717) is 18.2 Å². The van der Waals surface area contributed by atoms with Gasteiger partial charge in [-0.1, -0.05) is 60.7 Å². The van der Waals surface area contributed by atoms with Gasteiger partial charge in [-0.3, -0.25) is 4.79 Å². The second kappa shape index (κ2) is 8.99. The summed E-state index contributed by atoms with van der Waals surface area (Å²) in [5.41, 5.74) is 2.88. The van der Waals surface area contributed by atoms with Crippen LogP contribution in [0.2, 0.25) is 0 Å². The van der Waals surface area contributed by atoms with Gasteiger partial charge in [0.1, 0.15) is 5.82 Å². The van der Waals surface area contributed by atoms with Gasteiger partial charge in [-0.05, 0) is 37.1 Å². The first-order chi connectivity index (χ1) is 13.1. The number of nitrogens with zero attached hydrogens (tertiary/aromatic N) is 2. The van der Waals surface area contributed by atoms with Gasteiger partial charge in [0, 0.05) is 25.3 Å². The molecule has 0 aliphatic carbocycles. The molecule has 1 aromatic heterocycles. The molecule has 4 heteroatoms. The minimum absolute atomic E-state index is 0.114. The van der Waals surface area contributed by atoms with E-state index in [0.717, 1.165) is 17.9 Å². The van der Waals surface area contributed by atoms with Crippen molar-refractivity contribution >= 4 is 11.7 Å². The van der Waals surface area contributed by atoms with E-state index in [1.807, 2.05) is 60.7 Å². The fourth-order valence-electron chi connectivity index (χ4n) is 2.88. The van der Waals surface area contributed by atoms with E-state index in [2.05, 4.69) is 41.2 Å². The van der Waals surface area contributed by atoms with Crippen molar-refractivity contribution in [1.82, 2.24) is 10.3 Å². The van der Waals surface area contributed by atoms with E-state index < -0.39 is 0 Å². The maximum absolute atomic E-state index is 12.4. The third kappa shape index (κ3) is 5.17. The number of rotatable bonds is 7. The maximum Gasteiger partial charge on any atom is 0.253 e. The van der Waals surface area contributed by atoms with Gasteiger partial charge in [-0.25, -0.2) is 4.98 Å². The van der Waals surface area contributed by atoms with Crippen LogP contribution >= 0.6 is 0 Å². The van der Waals surface area contributed by atoms with Crippen LogP contribution in [0.1, 0.15) is 35.3 Å². The van der Waals surface area contributed by atoms with E-state index in [-0.39, 0.29) is 5.91 Å². The van der Waals surface area contributed by atoms with Crippen molar-refractivity contribution in [2.24, 2.45) is 0 Å². The summed E-state index contributed by atoms with van der Waals surface area (Å²) in [7, 11) is 0. The van der Waals surface area contributed by atoms with Gasteiger partial charge in [-0.15, -0.1) is 0 Å². The predicted octanol–water partition coefficient (Wildman–Crippen LogP) is 4.43. The van der Waals surface area contributed by atoms with Gasteiger partial charge < -0.3 is 10.2 Å². The van der Waals surface area contributed by atoms with Gasteiger partial charge >= 0.3 is 0 Å². The van der Waals surface area contributed by atoms with Crippen LogP contribution in [-0.2, 0) is 13.1 Å². The Labute approximate surface area is 160 Å². The number of hydrogen-bond donors (Lipinski definition) is 1. The summed E-state index contributed by atoms with van der Waals surface area (Å²) >= 11 is 0. The fraction of sp³-hybridized carbons (Fsp3) is 0.217. The van der Waals surface area contributed by atoms with E-state index in [9.17, 15) is 4.79 Å². The van der Waals surface area contributed by atoms with E-state index >= 15 is 0 Å². The topological polar surface area (TPSA) is 45.2 Å². The number of benzene rings is 2. The van der Waals surface area contributed by atoms with Crippen molar-refractivity contribution in [3.05, 3.63) is 95.7 Å². The highest BCUT2D eigenvalue weighted by molar-refractivity contribution is 5.94. The van der Waals surface area contributed by atoms with E-state index in [4.69, 9.17) is 0 Å². The molecule has 0 spiro atoms. The molecule has 0 bridgehead atoms. The van der Waals surface area contributed by atoms with E-state index in [1.165, 1.54) is 5.56 Å². The van der Waals surface area contributed by atoms with Crippen LogP contribution < -0.4 is 10.2 Å². The first-order valence-corrected chi connectivity index (χ1v) is 9.22. The quantitative estimate of drug-likeness (QED) is 0.679. The normalized spacial score (nSPS) is 10.6. The third-order valence-electron chi connectivity index (χ3n) is 4.42. The minimum Gasteiger partial charge on any atom is -0.350 e. The molecule has 0 atom stereocenters. The summed E-state index contributed by atoms with van der Waals surface area (Å²) in [6.07, 6.45) is 1.65. The Morgan fingerprint density at radius 2 is 1.56 bits per heavy atom. The lowest BCUT2D eigenvalue weighted by atomic mass is 10.1. The lowest BCUT2D eigenvalue weighted by molar-refractivity contribution is 0.0950. The maximum atomic E-state index is 12.4. The minimum atomic E-state index is -0.114. The van der Waals surface area contributed by atoms with Gasteiger partial charge in [-0.2, -0.15) is 0 Å². The molecule has 0 unspecified atom stereocenters. The number of amides is 1. The molecule has 0 aliphatic rings. The van der Waals surface area contributed by atoms with Crippen LogP contribution in [0.3, 0.4) is 0 Å². The Balaban J connectivity index is 1.66. The molecule has 3 aromatic rings. The standard InChI is InChI=1S/C23H25N3O/c1-18(2)26(17-20-11-7-4-8-12-20)22-14-13-21(16-24-22)23(27)25-15-19-9-5-3-6-10-19/h3-14,16,18H,15,17H2,1-2H3,(H,25,27). The van der Waals surface area contributed by atoms with Crippen LogP contribution in [0.4, 0.5) is 5.82 Å². The van der Waals surface area contributed by atoms with Gasteiger partial charge in [0.05, 0.1) is 5.56 Å². The molecule has 0 radical (unpaired) electrons. The summed E-state index contributed by atoms with van der Waals surface area (Å²) in [6.45, 7) is 5.58. The van der Waals surface area contributed by atoms with Gasteiger partial charge in [0.15, 0.2) is 0 Å². The average molecular weight is 359 g/mol. The first-order valence-electron chi connectivity index (χ1n) is 9.22. The summed E-state index contributed by atoms with van der Waals surface area (Å²) in [5.74, 6) is 0.755.